The Hall–Kier alpha value is -1.24. The smallest absolute Gasteiger partial charge is 0.123 e. The predicted octanol–water partition coefficient (Wildman–Crippen LogP) is 5.28. The second kappa shape index (κ2) is 7.37. The zero-order chi connectivity index (χ0) is 14.3. The largest absolute Gasteiger partial charge is 0.493 e. The Morgan fingerprint density at radius 3 is 2.53 bits per heavy atom. The van der Waals surface area contributed by atoms with Crippen LogP contribution in [0.2, 0.25) is 0 Å². The van der Waals surface area contributed by atoms with Crippen LogP contribution in [0.4, 0.5) is 0 Å². The van der Waals surface area contributed by atoms with Crippen LogP contribution in [0.1, 0.15) is 58.6 Å². The summed E-state index contributed by atoms with van der Waals surface area (Å²) in [4.78, 5) is 0. The maximum Gasteiger partial charge on any atom is 0.123 e. The van der Waals surface area contributed by atoms with Gasteiger partial charge in [0.05, 0.1) is 6.61 Å². The SMILES string of the molecule is C/C=C\CCc1ccc(OCCC)c(C(C)(C)C)c1. The van der Waals surface area contributed by atoms with Crippen LogP contribution in [0.25, 0.3) is 0 Å². The summed E-state index contributed by atoms with van der Waals surface area (Å²) < 4.78 is 5.88. The van der Waals surface area contributed by atoms with E-state index in [-0.39, 0.29) is 5.41 Å². The van der Waals surface area contributed by atoms with Crippen molar-refractivity contribution in [2.45, 2.75) is 59.3 Å². The molecule has 1 aromatic carbocycles. The summed E-state index contributed by atoms with van der Waals surface area (Å²) in [6, 6.07) is 6.65. The molecule has 1 nitrogen and oxygen atoms in total. The summed E-state index contributed by atoms with van der Waals surface area (Å²) >= 11 is 0. The van der Waals surface area contributed by atoms with Crippen molar-refractivity contribution < 1.29 is 4.74 Å². The van der Waals surface area contributed by atoms with Gasteiger partial charge in [0, 0.05) is 0 Å². The van der Waals surface area contributed by atoms with Crippen LogP contribution in [0, 0.1) is 0 Å². The standard InChI is InChI=1S/C18H28O/c1-6-8-9-10-15-11-12-17(19-13-7-2)16(14-15)18(3,4)5/h6,8,11-12,14H,7,9-10,13H2,1-5H3/b8-6-. The second-order valence-electron chi connectivity index (χ2n) is 6.04. The molecular formula is C18H28O. The first kappa shape index (κ1) is 15.8. The first-order valence-corrected chi connectivity index (χ1v) is 7.36. The molecule has 0 N–H and O–H groups in total. The number of hydrogen-bond acceptors (Lipinski definition) is 1. The van der Waals surface area contributed by atoms with Crippen molar-refractivity contribution in [2.24, 2.45) is 0 Å². The molecule has 0 unspecified atom stereocenters. The molecule has 19 heavy (non-hydrogen) atoms. The summed E-state index contributed by atoms with van der Waals surface area (Å²) in [5.74, 6) is 1.05. The zero-order valence-corrected chi connectivity index (χ0v) is 13.1. The average Bonchev–Trinajstić information content (AvgIpc) is 2.36. The van der Waals surface area contributed by atoms with Gasteiger partial charge in [0.15, 0.2) is 0 Å². The molecule has 0 amide bonds. The van der Waals surface area contributed by atoms with Crippen LogP contribution in [0.3, 0.4) is 0 Å². The van der Waals surface area contributed by atoms with E-state index in [1.807, 2.05) is 0 Å². The molecule has 0 spiro atoms. The molecule has 1 aromatic rings. The highest BCUT2D eigenvalue weighted by atomic mass is 16.5. The summed E-state index contributed by atoms with van der Waals surface area (Å²) in [6.07, 6.45) is 7.59. The van der Waals surface area contributed by atoms with Crippen molar-refractivity contribution in [1.29, 1.82) is 0 Å². The molecule has 0 bridgehead atoms. The average molecular weight is 260 g/mol. The second-order valence-corrected chi connectivity index (χ2v) is 6.04. The van der Waals surface area contributed by atoms with E-state index in [0.717, 1.165) is 31.6 Å². The topological polar surface area (TPSA) is 9.23 Å². The fraction of sp³-hybridized carbons (Fsp3) is 0.556. The first-order valence-electron chi connectivity index (χ1n) is 7.36. The maximum absolute atomic E-state index is 5.88. The number of benzene rings is 1. The number of allylic oxidation sites excluding steroid dienone is 2. The van der Waals surface area contributed by atoms with E-state index in [2.05, 4.69) is 65.0 Å². The molecule has 0 saturated heterocycles. The summed E-state index contributed by atoms with van der Waals surface area (Å²) in [5, 5.41) is 0. The third-order valence-corrected chi connectivity index (χ3v) is 3.15. The lowest BCUT2D eigenvalue weighted by Crippen LogP contribution is -2.14. The highest BCUT2D eigenvalue weighted by Crippen LogP contribution is 2.32. The Labute approximate surface area is 118 Å². The van der Waals surface area contributed by atoms with Crippen LogP contribution in [-0.2, 0) is 11.8 Å². The van der Waals surface area contributed by atoms with E-state index >= 15 is 0 Å². The lowest BCUT2D eigenvalue weighted by Gasteiger charge is -2.23. The molecule has 1 rings (SSSR count). The van der Waals surface area contributed by atoms with Crippen molar-refractivity contribution in [3.63, 3.8) is 0 Å². The quantitative estimate of drug-likeness (QED) is 0.632. The van der Waals surface area contributed by atoms with Crippen molar-refractivity contribution in [1.82, 2.24) is 0 Å². The van der Waals surface area contributed by atoms with Gasteiger partial charge in [0.2, 0.25) is 0 Å². The molecule has 0 aliphatic carbocycles. The predicted molar refractivity (Wildman–Crippen MR) is 84.1 cm³/mol. The fourth-order valence-corrected chi connectivity index (χ4v) is 2.07. The third-order valence-electron chi connectivity index (χ3n) is 3.15. The molecule has 0 saturated carbocycles. The molecule has 106 valence electrons. The molecule has 0 fully saturated rings. The van der Waals surface area contributed by atoms with E-state index in [4.69, 9.17) is 4.74 Å². The van der Waals surface area contributed by atoms with Crippen LogP contribution in [0.5, 0.6) is 5.75 Å². The number of aryl methyl sites for hydroxylation is 1. The minimum absolute atomic E-state index is 0.125. The van der Waals surface area contributed by atoms with Crippen molar-refractivity contribution >= 4 is 0 Å². The van der Waals surface area contributed by atoms with Gasteiger partial charge in [-0.05, 0) is 48.8 Å². The maximum atomic E-state index is 5.88. The van der Waals surface area contributed by atoms with E-state index < -0.39 is 0 Å². The number of rotatable bonds is 6. The van der Waals surface area contributed by atoms with Crippen molar-refractivity contribution in [3.8, 4) is 5.75 Å². The number of hydrogen-bond donors (Lipinski definition) is 0. The van der Waals surface area contributed by atoms with E-state index in [1.54, 1.807) is 0 Å². The minimum atomic E-state index is 0.125. The molecule has 0 aliphatic heterocycles. The molecule has 0 atom stereocenters. The van der Waals surface area contributed by atoms with Gasteiger partial charge in [-0.15, -0.1) is 0 Å². The van der Waals surface area contributed by atoms with Gasteiger partial charge in [-0.3, -0.25) is 0 Å². The van der Waals surface area contributed by atoms with Gasteiger partial charge < -0.3 is 4.74 Å². The normalized spacial score (nSPS) is 12.1. The van der Waals surface area contributed by atoms with E-state index in [0.29, 0.717) is 0 Å². The van der Waals surface area contributed by atoms with Gasteiger partial charge in [-0.1, -0.05) is 52.0 Å². The molecule has 0 aliphatic rings. The molecular weight excluding hydrogens is 232 g/mol. The Morgan fingerprint density at radius 1 is 1.21 bits per heavy atom. The summed E-state index contributed by atoms with van der Waals surface area (Å²) in [6.45, 7) is 11.7. The van der Waals surface area contributed by atoms with Crippen LogP contribution in [0.15, 0.2) is 30.4 Å². The van der Waals surface area contributed by atoms with E-state index in [1.165, 1.54) is 11.1 Å². The van der Waals surface area contributed by atoms with Crippen molar-refractivity contribution in [3.05, 3.63) is 41.5 Å². The van der Waals surface area contributed by atoms with Gasteiger partial charge in [0.25, 0.3) is 0 Å². The Kier molecular flexibility index (Phi) is 6.14. The van der Waals surface area contributed by atoms with Gasteiger partial charge in [-0.2, -0.15) is 0 Å². The molecule has 0 heterocycles. The van der Waals surface area contributed by atoms with E-state index in [9.17, 15) is 0 Å². The summed E-state index contributed by atoms with van der Waals surface area (Å²) in [5.41, 5.74) is 2.84. The van der Waals surface area contributed by atoms with Crippen LogP contribution >= 0.6 is 0 Å². The lowest BCUT2D eigenvalue weighted by molar-refractivity contribution is 0.308. The Morgan fingerprint density at radius 2 is 1.95 bits per heavy atom. The summed E-state index contributed by atoms with van der Waals surface area (Å²) in [7, 11) is 0. The third kappa shape index (κ3) is 5.10. The van der Waals surface area contributed by atoms with Gasteiger partial charge in [0.1, 0.15) is 5.75 Å². The van der Waals surface area contributed by atoms with Crippen LogP contribution < -0.4 is 4.74 Å². The Bertz CT molecular complexity index is 410. The molecule has 0 aromatic heterocycles. The highest BCUT2D eigenvalue weighted by molar-refractivity contribution is 5.41. The van der Waals surface area contributed by atoms with Crippen molar-refractivity contribution in [2.75, 3.05) is 6.61 Å². The fourth-order valence-electron chi connectivity index (χ4n) is 2.07. The molecule has 1 heteroatoms. The van der Waals surface area contributed by atoms with Gasteiger partial charge >= 0.3 is 0 Å². The Balaban J connectivity index is 2.94. The molecule has 0 radical (unpaired) electrons. The lowest BCUT2D eigenvalue weighted by atomic mass is 9.85. The first-order chi connectivity index (χ1) is 8.99. The minimum Gasteiger partial charge on any atom is -0.493 e. The monoisotopic (exact) mass is 260 g/mol. The van der Waals surface area contributed by atoms with Crippen LogP contribution in [-0.4, -0.2) is 6.61 Å². The number of ether oxygens (including phenoxy) is 1. The highest BCUT2D eigenvalue weighted by Gasteiger charge is 2.19. The van der Waals surface area contributed by atoms with Gasteiger partial charge in [-0.25, -0.2) is 0 Å². The zero-order valence-electron chi connectivity index (χ0n) is 13.1.